The molecule has 2 rings (SSSR count). The van der Waals surface area contributed by atoms with Gasteiger partial charge < -0.3 is 5.11 Å². The van der Waals surface area contributed by atoms with Crippen molar-refractivity contribution in [2.45, 2.75) is 5.16 Å². The van der Waals surface area contributed by atoms with Gasteiger partial charge in [0.05, 0.1) is 11.4 Å². The highest BCUT2D eigenvalue weighted by atomic mass is 79.9. The highest BCUT2D eigenvalue weighted by Gasteiger charge is 2.15. The molecule has 0 aliphatic rings. The van der Waals surface area contributed by atoms with Crippen LogP contribution in [0.15, 0.2) is 37.1 Å². The highest BCUT2D eigenvalue weighted by molar-refractivity contribution is 9.11. The van der Waals surface area contributed by atoms with E-state index in [2.05, 4.69) is 42.1 Å². The van der Waals surface area contributed by atoms with E-state index in [1.54, 1.807) is 12.1 Å². The first-order chi connectivity index (χ1) is 8.99. The largest absolute Gasteiger partial charge is 0.481 e. The van der Waals surface area contributed by atoms with Crippen LogP contribution in [-0.4, -0.2) is 31.6 Å². The Balaban J connectivity index is 2.49. The van der Waals surface area contributed by atoms with Crippen molar-refractivity contribution in [1.82, 2.24) is 14.8 Å². The summed E-state index contributed by atoms with van der Waals surface area (Å²) in [7, 11) is 0. The molecule has 1 aromatic heterocycles. The van der Waals surface area contributed by atoms with Gasteiger partial charge in [-0.1, -0.05) is 27.7 Å². The number of aromatic nitrogens is 3. The summed E-state index contributed by atoms with van der Waals surface area (Å²) in [6.45, 7) is 0. The van der Waals surface area contributed by atoms with Gasteiger partial charge in [0, 0.05) is 8.95 Å². The van der Waals surface area contributed by atoms with Crippen molar-refractivity contribution in [2.24, 2.45) is 0 Å². The van der Waals surface area contributed by atoms with Crippen LogP contribution in [0.2, 0.25) is 0 Å². The first-order valence-corrected chi connectivity index (χ1v) is 7.53. The van der Waals surface area contributed by atoms with Crippen LogP contribution in [-0.2, 0) is 4.79 Å². The van der Waals surface area contributed by atoms with Crippen molar-refractivity contribution in [2.75, 3.05) is 5.75 Å². The number of rotatable bonds is 4. The van der Waals surface area contributed by atoms with Gasteiger partial charge in [0.2, 0.25) is 0 Å². The number of hydrogen-bond acceptors (Lipinski definition) is 4. The molecule has 0 spiro atoms. The van der Waals surface area contributed by atoms with Gasteiger partial charge in [-0.05, 0) is 34.1 Å². The average molecular weight is 409 g/mol. The second-order valence-electron chi connectivity index (χ2n) is 3.42. The average Bonchev–Trinajstić information content (AvgIpc) is 2.71. The molecule has 0 unspecified atom stereocenters. The number of nitrogens with one attached hydrogen (secondary N) is 1. The molecule has 0 atom stereocenters. The maximum absolute atomic E-state index is 11.8. The van der Waals surface area contributed by atoms with Gasteiger partial charge in [-0.15, -0.1) is 5.10 Å². The van der Waals surface area contributed by atoms with Gasteiger partial charge in [-0.25, -0.2) is 14.5 Å². The molecule has 0 saturated heterocycles. The predicted octanol–water partition coefficient (Wildman–Crippen LogP) is 2.26. The van der Waals surface area contributed by atoms with Crippen LogP contribution in [0.1, 0.15) is 0 Å². The minimum atomic E-state index is -0.972. The Bertz CT molecular complexity index is 683. The molecule has 0 aliphatic heterocycles. The maximum Gasteiger partial charge on any atom is 0.348 e. The lowest BCUT2D eigenvalue weighted by Crippen LogP contribution is -2.16. The molecule has 0 fully saturated rings. The van der Waals surface area contributed by atoms with Gasteiger partial charge in [-0.3, -0.25) is 4.79 Å². The second-order valence-corrected chi connectivity index (χ2v) is 6.14. The molecule has 0 bridgehead atoms. The highest BCUT2D eigenvalue weighted by Crippen LogP contribution is 2.27. The van der Waals surface area contributed by atoms with Crippen molar-refractivity contribution in [3.63, 3.8) is 0 Å². The summed E-state index contributed by atoms with van der Waals surface area (Å²) in [4.78, 5) is 22.4. The number of nitrogens with zero attached hydrogens (tertiary/aromatic N) is 2. The molecular weight excluding hydrogens is 402 g/mol. The van der Waals surface area contributed by atoms with E-state index in [1.807, 2.05) is 6.07 Å². The summed E-state index contributed by atoms with van der Waals surface area (Å²) in [6, 6.07) is 5.35. The summed E-state index contributed by atoms with van der Waals surface area (Å²) >= 11 is 7.65. The zero-order chi connectivity index (χ0) is 14.0. The topological polar surface area (TPSA) is 88.0 Å². The number of benzene rings is 1. The number of H-pyrrole nitrogens is 1. The lowest BCUT2D eigenvalue weighted by molar-refractivity contribution is -0.133. The number of aromatic amines is 1. The molecule has 0 saturated carbocycles. The Morgan fingerprint density at radius 3 is 2.89 bits per heavy atom. The van der Waals surface area contributed by atoms with Gasteiger partial charge >= 0.3 is 11.7 Å². The number of halogens is 2. The van der Waals surface area contributed by atoms with Crippen molar-refractivity contribution >= 4 is 49.6 Å². The normalized spacial score (nSPS) is 10.6. The lowest BCUT2D eigenvalue weighted by atomic mass is 10.3. The molecule has 1 heterocycles. The van der Waals surface area contributed by atoms with E-state index < -0.39 is 11.7 Å². The number of aliphatic carboxylic acids is 1. The summed E-state index contributed by atoms with van der Waals surface area (Å²) in [5, 5.41) is 15.1. The third kappa shape index (κ3) is 3.28. The van der Waals surface area contributed by atoms with Gasteiger partial charge in [0.15, 0.2) is 5.16 Å². The summed E-state index contributed by atoms with van der Waals surface area (Å²) in [5.41, 5.74) is 0.160. The molecule has 2 aromatic rings. The summed E-state index contributed by atoms with van der Waals surface area (Å²) in [5.74, 6) is -1.14. The van der Waals surface area contributed by atoms with E-state index in [0.29, 0.717) is 15.3 Å². The number of hydrogen-bond donors (Lipinski definition) is 2. The fraction of sp³-hybridized carbons (Fsp3) is 0.100. The molecule has 1 aromatic carbocycles. The smallest absolute Gasteiger partial charge is 0.348 e. The van der Waals surface area contributed by atoms with E-state index in [0.717, 1.165) is 16.2 Å². The van der Waals surface area contributed by atoms with Crippen LogP contribution in [0, 0.1) is 0 Å². The number of carbonyl (C=O) groups is 1. The van der Waals surface area contributed by atoms with Crippen LogP contribution < -0.4 is 5.69 Å². The molecule has 0 amide bonds. The Hall–Kier alpha value is -1.06. The zero-order valence-corrected chi connectivity index (χ0v) is 13.2. The lowest BCUT2D eigenvalue weighted by Gasteiger charge is -2.07. The Kier molecular flexibility index (Phi) is 4.48. The Morgan fingerprint density at radius 2 is 2.21 bits per heavy atom. The number of thioether (sulfide) groups is 1. The molecule has 2 N–H and O–H groups in total. The monoisotopic (exact) mass is 407 g/mol. The molecule has 100 valence electrons. The zero-order valence-electron chi connectivity index (χ0n) is 9.26. The molecular formula is C10H7Br2N3O3S. The van der Waals surface area contributed by atoms with E-state index in [-0.39, 0.29) is 5.75 Å². The van der Waals surface area contributed by atoms with E-state index in [1.165, 1.54) is 4.57 Å². The standard InChI is InChI=1S/C10H7Br2N3O3S/c11-5-1-2-6(12)7(3-5)15-9(18)13-14-10(15)19-4-8(16)17/h1-3H,4H2,(H,13,18)(H,16,17). The van der Waals surface area contributed by atoms with Gasteiger partial charge in [-0.2, -0.15) is 0 Å². The van der Waals surface area contributed by atoms with Crippen molar-refractivity contribution in [3.8, 4) is 5.69 Å². The van der Waals surface area contributed by atoms with Gasteiger partial charge in [0.25, 0.3) is 0 Å². The minimum Gasteiger partial charge on any atom is -0.481 e. The van der Waals surface area contributed by atoms with E-state index >= 15 is 0 Å². The van der Waals surface area contributed by atoms with E-state index in [9.17, 15) is 9.59 Å². The van der Waals surface area contributed by atoms with Crippen LogP contribution >= 0.6 is 43.6 Å². The third-order valence-electron chi connectivity index (χ3n) is 2.12. The van der Waals surface area contributed by atoms with Crippen molar-refractivity contribution in [1.29, 1.82) is 0 Å². The first-order valence-electron chi connectivity index (χ1n) is 4.96. The number of carboxylic acids is 1. The number of carboxylic acid groups (broad SMARTS) is 1. The quantitative estimate of drug-likeness (QED) is 0.757. The molecule has 9 heteroatoms. The van der Waals surface area contributed by atoms with Crippen molar-refractivity contribution < 1.29 is 9.90 Å². The summed E-state index contributed by atoms with van der Waals surface area (Å²) < 4.78 is 2.83. The van der Waals surface area contributed by atoms with Crippen molar-refractivity contribution in [3.05, 3.63) is 37.6 Å². The van der Waals surface area contributed by atoms with Crippen LogP contribution in [0.3, 0.4) is 0 Å². The fourth-order valence-corrected chi connectivity index (χ4v) is 2.82. The molecule has 0 aliphatic carbocycles. The summed E-state index contributed by atoms with van der Waals surface area (Å²) in [6.07, 6.45) is 0. The first kappa shape index (κ1) is 14.4. The molecule has 19 heavy (non-hydrogen) atoms. The predicted molar refractivity (Wildman–Crippen MR) is 77.9 cm³/mol. The SMILES string of the molecule is O=C(O)CSc1n[nH]c(=O)n1-c1cc(Br)ccc1Br. The molecule has 6 nitrogen and oxygen atoms in total. The molecule has 0 radical (unpaired) electrons. The van der Waals surface area contributed by atoms with Crippen LogP contribution in [0.5, 0.6) is 0 Å². The van der Waals surface area contributed by atoms with Crippen LogP contribution in [0.4, 0.5) is 0 Å². The second kappa shape index (κ2) is 5.93. The van der Waals surface area contributed by atoms with Gasteiger partial charge in [0.1, 0.15) is 0 Å². The minimum absolute atomic E-state index is 0.171. The Morgan fingerprint density at radius 1 is 1.47 bits per heavy atom. The third-order valence-corrected chi connectivity index (χ3v) is 4.20. The van der Waals surface area contributed by atoms with Crippen LogP contribution in [0.25, 0.3) is 5.69 Å². The maximum atomic E-state index is 11.8. The Labute approximate surface area is 128 Å². The fourth-order valence-electron chi connectivity index (χ4n) is 1.38. The van der Waals surface area contributed by atoms with E-state index in [4.69, 9.17) is 5.11 Å².